The summed E-state index contributed by atoms with van der Waals surface area (Å²) in [6.07, 6.45) is 1.88. The van der Waals surface area contributed by atoms with E-state index in [0.29, 0.717) is 0 Å². The average molecular weight is 715 g/mol. The van der Waals surface area contributed by atoms with Gasteiger partial charge in [0.15, 0.2) is 0 Å². The molecule has 4 heteroatoms. The molecule has 7 aromatic carbocycles. The number of hydrogen-bond acceptors (Lipinski definition) is 2. The largest absolute Gasteiger partial charge is 0.309 e. The van der Waals surface area contributed by atoms with Crippen LogP contribution in [0.4, 0.5) is 0 Å². The van der Waals surface area contributed by atoms with Gasteiger partial charge in [-0.3, -0.25) is 4.57 Å². The summed E-state index contributed by atoms with van der Waals surface area (Å²) in [5.74, 6) is 0. The second-order valence-corrected chi connectivity index (χ2v) is 14.3. The lowest BCUT2D eigenvalue weighted by Gasteiger charge is -2.13. The number of hydrogen-bond donors (Lipinski definition) is 0. The molecule has 0 aliphatic carbocycles. The van der Waals surface area contributed by atoms with Gasteiger partial charge in [0, 0.05) is 50.2 Å². The summed E-state index contributed by atoms with van der Waals surface area (Å²) < 4.78 is 4.69. The third-order valence-corrected chi connectivity index (χ3v) is 11.0. The zero-order chi connectivity index (χ0) is 37.0. The first kappa shape index (κ1) is 31.9. The molecule has 0 aliphatic heterocycles. The number of aromatic nitrogens is 4. The summed E-state index contributed by atoms with van der Waals surface area (Å²) in [7, 11) is 0. The second kappa shape index (κ2) is 13.1. The van der Waals surface area contributed by atoms with Crippen molar-refractivity contribution in [3.8, 4) is 56.1 Å². The van der Waals surface area contributed by atoms with E-state index in [1.54, 1.807) is 0 Å². The van der Waals surface area contributed by atoms with Gasteiger partial charge in [-0.05, 0) is 89.0 Å². The number of para-hydroxylation sites is 2. The van der Waals surface area contributed by atoms with Gasteiger partial charge in [-0.15, -0.1) is 0 Å². The molecule has 0 saturated carbocycles. The number of nitrogens with zero attached hydrogens (tertiary/aromatic N) is 4. The van der Waals surface area contributed by atoms with Crippen LogP contribution in [0.2, 0.25) is 0 Å². The Hall–Kier alpha value is -7.56. The van der Waals surface area contributed by atoms with Crippen molar-refractivity contribution in [2.24, 2.45) is 0 Å². The van der Waals surface area contributed by atoms with Gasteiger partial charge >= 0.3 is 0 Å². The minimum absolute atomic E-state index is 0.952. The topological polar surface area (TPSA) is 35.6 Å². The SMILES string of the molecule is c1ccc(-c2cc(-c3cccc(-n4c5ccccc5c5ccc(-c6ccc7c8cccnc8n(-c8ccccc8)c7c6)cc54)c3)cc(-c3ccccc3)n2)cc1. The van der Waals surface area contributed by atoms with E-state index in [4.69, 9.17) is 9.97 Å². The summed E-state index contributed by atoms with van der Waals surface area (Å²) in [5, 5.41) is 4.79. The van der Waals surface area contributed by atoms with Crippen LogP contribution in [0.1, 0.15) is 0 Å². The summed E-state index contributed by atoms with van der Waals surface area (Å²) in [6.45, 7) is 0. The van der Waals surface area contributed by atoms with E-state index in [2.05, 4.69) is 191 Å². The first-order valence-electron chi connectivity index (χ1n) is 19.0. The molecular formula is C52H34N4. The van der Waals surface area contributed by atoms with Crippen LogP contribution in [0, 0.1) is 0 Å². The van der Waals surface area contributed by atoms with Gasteiger partial charge in [-0.1, -0.05) is 133 Å². The molecular weight excluding hydrogens is 681 g/mol. The van der Waals surface area contributed by atoms with Crippen LogP contribution in [0.25, 0.3) is 99.9 Å². The standard InChI is InChI=1S/C52H34N4/c1-4-14-35(15-5-1)47-31-40(32-48(54-47)36-16-6-2-7-17-36)37-18-12-21-42(30-37)55-49-24-11-10-22-43(49)44-27-25-38(33-50(44)55)39-26-28-45-46-23-13-29-53-52(46)56(51(45)34-39)41-19-8-3-9-20-41/h1-34H. The minimum atomic E-state index is 0.952. The van der Waals surface area contributed by atoms with Crippen molar-refractivity contribution in [1.82, 2.24) is 19.1 Å². The highest BCUT2D eigenvalue weighted by molar-refractivity contribution is 6.11. The molecule has 0 radical (unpaired) electrons. The maximum absolute atomic E-state index is 5.14. The zero-order valence-electron chi connectivity index (χ0n) is 30.4. The van der Waals surface area contributed by atoms with E-state index in [9.17, 15) is 0 Å². The summed E-state index contributed by atoms with van der Waals surface area (Å²) in [5.41, 5.74) is 15.3. The molecule has 0 atom stereocenters. The highest BCUT2D eigenvalue weighted by Gasteiger charge is 2.17. The molecule has 262 valence electrons. The fourth-order valence-electron chi connectivity index (χ4n) is 8.33. The molecule has 56 heavy (non-hydrogen) atoms. The number of rotatable bonds is 6. The molecule has 4 nitrogen and oxygen atoms in total. The Labute approximate surface area is 324 Å². The van der Waals surface area contributed by atoms with Gasteiger partial charge in [0.1, 0.15) is 5.65 Å². The fourth-order valence-corrected chi connectivity index (χ4v) is 8.33. The normalized spacial score (nSPS) is 11.6. The van der Waals surface area contributed by atoms with E-state index in [1.807, 2.05) is 24.4 Å². The smallest absolute Gasteiger partial charge is 0.145 e. The molecule has 0 spiro atoms. The zero-order valence-corrected chi connectivity index (χ0v) is 30.4. The summed E-state index contributed by atoms with van der Waals surface area (Å²) >= 11 is 0. The van der Waals surface area contributed by atoms with Gasteiger partial charge < -0.3 is 4.57 Å². The van der Waals surface area contributed by atoms with Crippen molar-refractivity contribution in [3.05, 3.63) is 206 Å². The van der Waals surface area contributed by atoms with Crippen LogP contribution in [-0.2, 0) is 0 Å². The van der Waals surface area contributed by atoms with Gasteiger partial charge in [0.05, 0.1) is 27.9 Å². The van der Waals surface area contributed by atoms with Crippen LogP contribution in [0.5, 0.6) is 0 Å². The molecule has 0 amide bonds. The minimum Gasteiger partial charge on any atom is -0.309 e. The van der Waals surface area contributed by atoms with E-state index in [1.165, 1.54) is 21.7 Å². The van der Waals surface area contributed by atoms with Crippen LogP contribution >= 0.6 is 0 Å². The Morgan fingerprint density at radius 1 is 0.304 bits per heavy atom. The Bertz CT molecular complexity index is 3170. The Kier molecular flexibility index (Phi) is 7.46. The third-order valence-electron chi connectivity index (χ3n) is 11.0. The highest BCUT2D eigenvalue weighted by Crippen LogP contribution is 2.39. The van der Waals surface area contributed by atoms with Crippen LogP contribution in [0.15, 0.2) is 206 Å². The Morgan fingerprint density at radius 3 is 1.52 bits per heavy atom. The van der Waals surface area contributed by atoms with E-state index >= 15 is 0 Å². The average Bonchev–Trinajstić information content (AvgIpc) is 3.79. The first-order chi connectivity index (χ1) is 27.8. The quantitative estimate of drug-likeness (QED) is 0.172. The van der Waals surface area contributed by atoms with Crippen molar-refractivity contribution < 1.29 is 0 Å². The van der Waals surface area contributed by atoms with Gasteiger partial charge in [-0.2, -0.15) is 0 Å². The highest BCUT2D eigenvalue weighted by atomic mass is 15.0. The third kappa shape index (κ3) is 5.31. The van der Waals surface area contributed by atoms with E-state index in [0.717, 1.165) is 78.2 Å². The lowest BCUT2D eigenvalue weighted by molar-refractivity contribution is 1.14. The number of fused-ring (bicyclic) bond motifs is 6. The molecule has 4 heterocycles. The Morgan fingerprint density at radius 2 is 0.821 bits per heavy atom. The van der Waals surface area contributed by atoms with Crippen molar-refractivity contribution in [2.75, 3.05) is 0 Å². The molecule has 0 N–H and O–H groups in total. The van der Waals surface area contributed by atoms with E-state index in [-0.39, 0.29) is 0 Å². The van der Waals surface area contributed by atoms with Gasteiger partial charge in [-0.25, -0.2) is 9.97 Å². The lowest BCUT2D eigenvalue weighted by atomic mass is 9.99. The molecule has 0 bridgehead atoms. The molecule has 4 aromatic heterocycles. The maximum atomic E-state index is 5.14. The number of pyridine rings is 2. The summed E-state index contributed by atoms with van der Waals surface area (Å²) in [6, 6.07) is 71.4. The first-order valence-corrected chi connectivity index (χ1v) is 19.0. The van der Waals surface area contributed by atoms with Crippen LogP contribution < -0.4 is 0 Å². The number of benzene rings is 7. The molecule has 0 fully saturated rings. The molecule has 0 aliphatic rings. The fraction of sp³-hybridized carbons (Fsp3) is 0. The van der Waals surface area contributed by atoms with Crippen LogP contribution in [-0.4, -0.2) is 19.1 Å². The monoisotopic (exact) mass is 714 g/mol. The molecule has 11 rings (SSSR count). The molecule has 11 aromatic rings. The maximum Gasteiger partial charge on any atom is 0.145 e. The van der Waals surface area contributed by atoms with E-state index < -0.39 is 0 Å². The van der Waals surface area contributed by atoms with Crippen molar-refractivity contribution in [2.45, 2.75) is 0 Å². The van der Waals surface area contributed by atoms with Gasteiger partial charge in [0.25, 0.3) is 0 Å². The van der Waals surface area contributed by atoms with Crippen molar-refractivity contribution >= 4 is 43.7 Å². The van der Waals surface area contributed by atoms with Crippen molar-refractivity contribution in [1.29, 1.82) is 0 Å². The van der Waals surface area contributed by atoms with Crippen molar-refractivity contribution in [3.63, 3.8) is 0 Å². The second-order valence-electron chi connectivity index (χ2n) is 14.3. The lowest BCUT2D eigenvalue weighted by Crippen LogP contribution is -1.96. The predicted molar refractivity (Wildman–Crippen MR) is 232 cm³/mol. The molecule has 0 saturated heterocycles. The molecule has 0 unspecified atom stereocenters. The Balaban J connectivity index is 1.08. The van der Waals surface area contributed by atoms with Crippen LogP contribution in [0.3, 0.4) is 0 Å². The predicted octanol–water partition coefficient (Wildman–Crippen LogP) is 13.3. The summed E-state index contributed by atoms with van der Waals surface area (Å²) in [4.78, 5) is 9.97. The van der Waals surface area contributed by atoms with Gasteiger partial charge in [0.2, 0.25) is 0 Å².